The van der Waals surface area contributed by atoms with Crippen LogP contribution in [-0.4, -0.2) is 43.7 Å². The standard InChI is InChI=1S/C14H15F6NO7S2/c1-3-8(2)11(22)21-9-4-6-10(7-5-9)28-30(26,27)14(19,20)12(15,16)13(17,18)29(23,24)25/h4-8H,3H2,1-2H3,(H,21,22)(H,23,24,25). The number of rotatable bonds is 9. The molecular weight excluding hydrogens is 472 g/mol. The first kappa shape index (κ1) is 26.0. The van der Waals surface area contributed by atoms with E-state index >= 15 is 0 Å². The van der Waals surface area contributed by atoms with E-state index in [4.69, 9.17) is 4.55 Å². The summed E-state index contributed by atoms with van der Waals surface area (Å²) < 4.78 is 136. The van der Waals surface area contributed by atoms with Gasteiger partial charge < -0.3 is 9.50 Å². The smallest absolute Gasteiger partial charge is 0.378 e. The number of hydrogen-bond donors (Lipinski definition) is 2. The van der Waals surface area contributed by atoms with Crippen molar-refractivity contribution >= 4 is 31.8 Å². The summed E-state index contributed by atoms with van der Waals surface area (Å²) in [7, 11) is -14.0. The van der Waals surface area contributed by atoms with Crippen molar-refractivity contribution in [1.82, 2.24) is 0 Å². The maximum absolute atomic E-state index is 13.7. The molecule has 8 nitrogen and oxygen atoms in total. The van der Waals surface area contributed by atoms with E-state index in [-0.39, 0.29) is 5.69 Å². The Morgan fingerprint density at radius 2 is 1.50 bits per heavy atom. The van der Waals surface area contributed by atoms with Gasteiger partial charge in [-0.2, -0.15) is 43.2 Å². The van der Waals surface area contributed by atoms with Gasteiger partial charge in [0.25, 0.3) is 0 Å². The molecule has 0 aliphatic heterocycles. The van der Waals surface area contributed by atoms with Crippen molar-refractivity contribution in [3.63, 3.8) is 0 Å². The van der Waals surface area contributed by atoms with Crippen LogP contribution in [-0.2, 0) is 25.0 Å². The molecule has 0 aliphatic rings. The number of nitrogens with one attached hydrogen (secondary N) is 1. The third-order valence-electron chi connectivity index (χ3n) is 3.76. The average Bonchev–Trinajstić information content (AvgIpc) is 2.60. The van der Waals surface area contributed by atoms with Gasteiger partial charge in [0.2, 0.25) is 5.91 Å². The van der Waals surface area contributed by atoms with Crippen molar-refractivity contribution in [1.29, 1.82) is 0 Å². The van der Waals surface area contributed by atoms with Crippen LogP contribution in [0.5, 0.6) is 5.75 Å². The second kappa shape index (κ2) is 8.22. The number of hydrogen-bond acceptors (Lipinski definition) is 6. The second-order valence-electron chi connectivity index (χ2n) is 5.94. The summed E-state index contributed by atoms with van der Waals surface area (Å²) >= 11 is 0. The molecule has 1 atom stereocenters. The Kier molecular flexibility index (Phi) is 7.12. The maximum atomic E-state index is 13.7. The van der Waals surface area contributed by atoms with Crippen LogP contribution in [0.25, 0.3) is 0 Å². The number of anilines is 1. The third kappa shape index (κ3) is 4.64. The van der Waals surface area contributed by atoms with Crippen LogP contribution in [0.4, 0.5) is 32.0 Å². The molecule has 1 unspecified atom stereocenters. The van der Waals surface area contributed by atoms with E-state index in [0.29, 0.717) is 18.6 Å². The lowest BCUT2D eigenvalue weighted by molar-refractivity contribution is -0.247. The van der Waals surface area contributed by atoms with E-state index in [1.165, 1.54) is 0 Å². The Bertz CT molecular complexity index is 994. The molecule has 1 amide bonds. The predicted octanol–water partition coefficient (Wildman–Crippen LogP) is 3.09. The molecule has 0 saturated heterocycles. The molecule has 0 radical (unpaired) electrons. The van der Waals surface area contributed by atoms with Crippen LogP contribution in [0.1, 0.15) is 20.3 Å². The summed E-state index contributed by atoms with van der Waals surface area (Å²) in [5, 5.41) is -11.3. The molecule has 0 aliphatic carbocycles. The molecule has 0 fully saturated rings. The van der Waals surface area contributed by atoms with Gasteiger partial charge >= 0.3 is 36.7 Å². The minimum atomic E-state index is -7.13. The molecule has 1 aromatic carbocycles. The topological polar surface area (TPSA) is 127 Å². The van der Waals surface area contributed by atoms with Crippen molar-refractivity contribution in [2.75, 3.05) is 5.32 Å². The molecule has 30 heavy (non-hydrogen) atoms. The van der Waals surface area contributed by atoms with Gasteiger partial charge in [0, 0.05) is 11.6 Å². The number of halogens is 6. The molecular formula is C14H15F6NO7S2. The van der Waals surface area contributed by atoms with Gasteiger partial charge in [-0.25, -0.2) is 0 Å². The SMILES string of the molecule is CCC(C)C(=O)Nc1ccc(OS(=O)(=O)C(F)(F)C(F)(F)C(F)(F)S(=O)(=O)O)cc1. The zero-order valence-corrected chi connectivity index (χ0v) is 16.7. The summed E-state index contributed by atoms with van der Waals surface area (Å²) in [6.45, 7) is 3.30. The van der Waals surface area contributed by atoms with Gasteiger partial charge in [0.15, 0.2) is 0 Å². The van der Waals surface area contributed by atoms with Crippen LogP contribution in [0.15, 0.2) is 24.3 Å². The zero-order chi connectivity index (χ0) is 23.8. The quantitative estimate of drug-likeness (QED) is 0.311. The van der Waals surface area contributed by atoms with Gasteiger partial charge in [0.05, 0.1) is 0 Å². The van der Waals surface area contributed by atoms with E-state index in [2.05, 4.69) is 9.50 Å². The lowest BCUT2D eigenvalue weighted by atomic mass is 10.1. The van der Waals surface area contributed by atoms with Crippen molar-refractivity contribution in [2.45, 2.75) is 36.7 Å². The maximum Gasteiger partial charge on any atom is 0.450 e. The summed E-state index contributed by atoms with van der Waals surface area (Å²) in [6.07, 6.45) is 0.475. The van der Waals surface area contributed by atoms with Crippen LogP contribution in [0.3, 0.4) is 0 Å². The first-order chi connectivity index (χ1) is 13.3. The Labute approximate surface area is 167 Å². The Morgan fingerprint density at radius 1 is 1.03 bits per heavy atom. The fourth-order valence-corrected chi connectivity index (χ4v) is 3.14. The summed E-state index contributed by atoms with van der Waals surface area (Å²) in [6, 6.07) is 3.15. The number of carbonyl (C=O) groups excluding carboxylic acids is 1. The highest BCUT2D eigenvalue weighted by atomic mass is 32.2. The Morgan fingerprint density at radius 3 is 1.90 bits per heavy atom. The average molecular weight is 487 g/mol. The summed E-state index contributed by atoms with van der Waals surface area (Å²) in [5.74, 6) is -9.00. The summed E-state index contributed by atoms with van der Waals surface area (Å²) in [4.78, 5) is 11.7. The Balaban J connectivity index is 3.17. The minimum Gasteiger partial charge on any atom is -0.378 e. The molecule has 0 bridgehead atoms. The van der Waals surface area contributed by atoms with Gasteiger partial charge in [-0.1, -0.05) is 13.8 Å². The normalized spacial score (nSPS) is 14.8. The van der Waals surface area contributed by atoms with Crippen molar-refractivity contribution < 1.29 is 56.7 Å². The van der Waals surface area contributed by atoms with Gasteiger partial charge in [-0.3, -0.25) is 9.35 Å². The van der Waals surface area contributed by atoms with E-state index in [1.54, 1.807) is 13.8 Å². The molecule has 2 N–H and O–H groups in total. The van der Waals surface area contributed by atoms with Gasteiger partial charge in [-0.15, -0.1) is 0 Å². The van der Waals surface area contributed by atoms with E-state index in [9.17, 15) is 48.0 Å². The number of alkyl halides is 6. The van der Waals surface area contributed by atoms with Crippen LogP contribution in [0.2, 0.25) is 0 Å². The second-order valence-corrected chi connectivity index (χ2v) is 8.99. The van der Waals surface area contributed by atoms with E-state index < -0.39 is 54.2 Å². The van der Waals surface area contributed by atoms with Crippen LogP contribution in [0, 0.1) is 5.92 Å². The molecule has 0 spiro atoms. The van der Waals surface area contributed by atoms with Crippen LogP contribution >= 0.6 is 0 Å². The van der Waals surface area contributed by atoms with Crippen LogP contribution < -0.4 is 9.50 Å². The highest BCUT2D eigenvalue weighted by Crippen LogP contribution is 2.50. The number of amides is 1. The van der Waals surface area contributed by atoms with Gasteiger partial charge in [-0.05, 0) is 30.7 Å². The highest BCUT2D eigenvalue weighted by molar-refractivity contribution is 7.88. The lowest BCUT2D eigenvalue weighted by Crippen LogP contribution is -2.61. The Hall–Kier alpha value is -2.07. The third-order valence-corrected chi connectivity index (χ3v) is 5.96. The molecule has 0 aromatic heterocycles. The van der Waals surface area contributed by atoms with E-state index in [0.717, 1.165) is 12.1 Å². The monoisotopic (exact) mass is 487 g/mol. The highest BCUT2D eigenvalue weighted by Gasteiger charge is 2.83. The zero-order valence-electron chi connectivity index (χ0n) is 15.1. The molecule has 172 valence electrons. The predicted molar refractivity (Wildman–Crippen MR) is 90.5 cm³/mol. The molecule has 16 heteroatoms. The minimum absolute atomic E-state index is 0.0417. The van der Waals surface area contributed by atoms with Crippen molar-refractivity contribution in [3.8, 4) is 5.75 Å². The summed E-state index contributed by atoms with van der Waals surface area (Å²) in [5.41, 5.74) is 0.0417. The molecule has 1 aromatic rings. The first-order valence-corrected chi connectivity index (χ1v) is 10.6. The van der Waals surface area contributed by atoms with E-state index in [1.807, 2.05) is 0 Å². The molecule has 0 heterocycles. The van der Waals surface area contributed by atoms with Crippen molar-refractivity contribution in [3.05, 3.63) is 24.3 Å². The first-order valence-electron chi connectivity index (χ1n) is 7.77. The van der Waals surface area contributed by atoms with Crippen molar-refractivity contribution in [2.24, 2.45) is 5.92 Å². The molecule has 1 rings (SSSR count). The number of carbonyl (C=O) groups is 1. The fraction of sp³-hybridized carbons (Fsp3) is 0.500. The fourth-order valence-electron chi connectivity index (χ4n) is 1.71. The largest absolute Gasteiger partial charge is 0.450 e. The molecule has 0 saturated carbocycles. The van der Waals surface area contributed by atoms with Gasteiger partial charge in [0.1, 0.15) is 5.75 Å². The number of benzene rings is 1. The lowest BCUT2D eigenvalue weighted by Gasteiger charge is -2.29.